The zero-order valence-corrected chi connectivity index (χ0v) is 32.7. The minimum absolute atomic E-state index is 0.627. The summed E-state index contributed by atoms with van der Waals surface area (Å²) in [4.78, 5) is 7.36. The zero-order chi connectivity index (χ0) is 38.9. The van der Waals surface area contributed by atoms with Gasteiger partial charge in [0, 0.05) is 53.3 Å². The molecule has 12 aromatic rings. The van der Waals surface area contributed by atoms with E-state index >= 15 is 0 Å². The van der Waals surface area contributed by atoms with Gasteiger partial charge in [-0.25, -0.2) is 4.98 Å². The third kappa shape index (κ3) is 5.60. The molecule has 2 heterocycles. The van der Waals surface area contributed by atoms with Gasteiger partial charge in [0.2, 0.25) is 5.89 Å². The van der Waals surface area contributed by atoms with Crippen molar-refractivity contribution in [1.82, 2.24) is 4.98 Å². The summed E-state index contributed by atoms with van der Waals surface area (Å²) in [6.07, 6.45) is 0. The second kappa shape index (κ2) is 13.6. The molecule has 0 N–H and O–H groups in total. The molecule has 0 unspecified atom stereocenters. The van der Waals surface area contributed by atoms with Crippen LogP contribution in [0.3, 0.4) is 0 Å². The van der Waals surface area contributed by atoms with Crippen molar-refractivity contribution in [3.63, 3.8) is 0 Å². The summed E-state index contributed by atoms with van der Waals surface area (Å²) in [6.45, 7) is 0. The highest BCUT2D eigenvalue weighted by molar-refractivity contribution is 7.25. The largest absolute Gasteiger partial charge is 0.435 e. The van der Waals surface area contributed by atoms with Gasteiger partial charge in [-0.05, 0) is 105 Å². The predicted molar refractivity (Wildman–Crippen MR) is 250 cm³/mol. The van der Waals surface area contributed by atoms with Crippen molar-refractivity contribution < 1.29 is 4.42 Å². The zero-order valence-electron chi connectivity index (χ0n) is 31.8. The number of thiophene rings is 1. The predicted octanol–water partition coefficient (Wildman–Crippen LogP) is 16.1. The average molecular weight is 771 g/mol. The Labute approximate surface area is 344 Å². The first-order valence-corrected chi connectivity index (χ1v) is 20.8. The average Bonchev–Trinajstić information content (AvgIpc) is 3.92. The number of aromatic nitrogens is 1. The molecule has 12 rings (SSSR count). The summed E-state index contributed by atoms with van der Waals surface area (Å²) < 4.78 is 9.30. The first-order valence-electron chi connectivity index (χ1n) is 19.9. The summed E-state index contributed by atoms with van der Waals surface area (Å²) >= 11 is 1.85. The van der Waals surface area contributed by atoms with E-state index in [2.05, 4.69) is 181 Å². The van der Waals surface area contributed by atoms with E-state index in [1.165, 1.54) is 42.4 Å². The summed E-state index contributed by atoms with van der Waals surface area (Å²) in [6, 6.07) is 74.1. The number of fused-ring (bicyclic) bond motifs is 10. The SMILES string of the molecule is c1ccc(-c2cccc(N(c3ccc(-c4ccc5sc6ccccc6c5c4)cc3)c3cccc4c3ccc3ccc5ccc6nc(-c7ccccc7)oc6c5c34)c2)cc1. The van der Waals surface area contributed by atoms with E-state index in [0.717, 1.165) is 66.0 Å². The maximum atomic E-state index is 6.66. The standard InChI is InChI=1S/C55H34N2OS/c1-3-11-35(12-4-1)40-15-9-16-43(33-40)57(42-28-23-36(24-29-42)41-27-32-51-47(34-41)45-17-7-8-20-50(45)59-51)49-19-10-18-46-44(49)30-25-37-21-22-38-26-31-48-54(53(38)52(37)46)58-55(56-48)39-13-5-2-6-14-39/h1-34H. The van der Waals surface area contributed by atoms with Crippen LogP contribution in [0.2, 0.25) is 0 Å². The summed E-state index contributed by atoms with van der Waals surface area (Å²) in [5.74, 6) is 0.627. The fraction of sp³-hybridized carbons (Fsp3) is 0. The van der Waals surface area contributed by atoms with Crippen molar-refractivity contribution >= 4 is 92.0 Å². The van der Waals surface area contributed by atoms with Crippen molar-refractivity contribution in [2.75, 3.05) is 4.90 Å². The maximum Gasteiger partial charge on any atom is 0.227 e. The van der Waals surface area contributed by atoms with Gasteiger partial charge in [0.1, 0.15) is 5.52 Å². The van der Waals surface area contributed by atoms with Crippen LogP contribution in [0.5, 0.6) is 0 Å². The molecule has 0 aliphatic carbocycles. The molecule has 0 bridgehead atoms. The molecular weight excluding hydrogens is 737 g/mol. The lowest BCUT2D eigenvalue weighted by molar-refractivity contribution is 0.623. The van der Waals surface area contributed by atoms with Gasteiger partial charge in [-0.1, -0.05) is 140 Å². The number of benzene rings is 10. The lowest BCUT2D eigenvalue weighted by Crippen LogP contribution is -2.10. The van der Waals surface area contributed by atoms with Crippen molar-refractivity contribution in [2.45, 2.75) is 0 Å². The molecule has 0 saturated carbocycles. The number of hydrogen-bond acceptors (Lipinski definition) is 4. The maximum absolute atomic E-state index is 6.66. The quantitative estimate of drug-likeness (QED) is 0.158. The Morgan fingerprint density at radius 3 is 1.86 bits per heavy atom. The van der Waals surface area contributed by atoms with E-state index in [0.29, 0.717) is 5.89 Å². The van der Waals surface area contributed by atoms with Crippen LogP contribution in [0.4, 0.5) is 17.1 Å². The Kier molecular flexibility index (Phi) is 7.72. The molecule has 276 valence electrons. The van der Waals surface area contributed by atoms with Crippen molar-refractivity contribution in [2.24, 2.45) is 0 Å². The number of anilines is 3. The number of rotatable bonds is 6. The summed E-state index contributed by atoms with van der Waals surface area (Å²) in [5, 5.41) is 9.44. The van der Waals surface area contributed by atoms with Crippen LogP contribution in [-0.2, 0) is 0 Å². The van der Waals surface area contributed by atoms with Crippen LogP contribution in [0, 0.1) is 0 Å². The van der Waals surface area contributed by atoms with Crippen molar-refractivity contribution in [1.29, 1.82) is 0 Å². The Morgan fingerprint density at radius 1 is 0.390 bits per heavy atom. The van der Waals surface area contributed by atoms with Gasteiger partial charge in [0.05, 0.1) is 5.69 Å². The fourth-order valence-electron chi connectivity index (χ4n) is 8.85. The Bertz CT molecular complexity index is 3550. The molecule has 4 heteroatoms. The Hall–Kier alpha value is -7.53. The lowest BCUT2D eigenvalue weighted by atomic mass is 9.94. The topological polar surface area (TPSA) is 29.3 Å². The molecule has 0 radical (unpaired) electrons. The highest BCUT2D eigenvalue weighted by Crippen LogP contribution is 2.45. The van der Waals surface area contributed by atoms with E-state index in [9.17, 15) is 0 Å². The molecule has 0 aliphatic rings. The van der Waals surface area contributed by atoms with Crippen LogP contribution >= 0.6 is 11.3 Å². The van der Waals surface area contributed by atoms with Gasteiger partial charge in [-0.2, -0.15) is 0 Å². The first-order chi connectivity index (χ1) is 29.2. The fourth-order valence-corrected chi connectivity index (χ4v) is 9.94. The molecule has 0 amide bonds. The Morgan fingerprint density at radius 2 is 1.02 bits per heavy atom. The van der Waals surface area contributed by atoms with Crippen LogP contribution in [0.15, 0.2) is 211 Å². The molecule has 0 fully saturated rings. The summed E-state index contributed by atoms with van der Waals surface area (Å²) in [5.41, 5.74) is 10.6. The third-order valence-electron chi connectivity index (χ3n) is 11.7. The number of nitrogens with zero attached hydrogens (tertiary/aromatic N) is 2. The minimum Gasteiger partial charge on any atom is -0.435 e. The smallest absolute Gasteiger partial charge is 0.227 e. The summed E-state index contributed by atoms with van der Waals surface area (Å²) in [7, 11) is 0. The van der Waals surface area contributed by atoms with Crippen molar-refractivity contribution in [3.8, 4) is 33.7 Å². The highest BCUT2D eigenvalue weighted by atomic mass is 32.1. The van der Waals surface area contributed by atoms with Crippen LogP contribution in [0.25, 0.3) is 97.3 Å². The molecule has 0 saturated heterocycles. The van der Waals surface area contributed by atoms with Crippen LogP contribution in [-0.4, -0.2) is 4.98 Å². The van der Waals surface area contributed by atoms with Gasteiger partial charge in [-0.3, -0.25) is 0 Å². The monoisotopic (exact) mass is 770 g/mol. The van der Waals surface area contributed by atoms with Crippen LogP contribution in [0.1, 0.15) is 0 Å². The second-order valence-corrected chi connectivity index (χ2v) is 16.2. The normalized spacial score (nSPS) is 11.7. The molecule has 2 aromatic heterocycles. The molecule has 0 atom stereocenters. The second-order valence-electron chi connectivity index (χ2n) is 15.1. The van der Waals surface area contributed by atoms with Gasteiger partial charge >= 0.3 is 0 Å². The number of oxazole rings is 1. The van der Waals surface area contributed by atoms with Crippen LogP contribution < -0.4 is 4.90 Å². The highest BCUT2D eigenvalue weighted by Gasteiger charge is 2.20. The van der Waals surface area contributed by atoms with Gasteiger partial charge in [0.25, 0.3) is 0 Å². The van der Waals surface area contributed by atoms with Gasteiger partial charge in [-0.15, -0.1) is 11.3 Å². The third-order valence-corrected chi connectivity index (χ3v) is 12.8. The molecule has 3 nitrogen and oxygen atoms in total. The molecular formula is C55H34N2OS. The lowest BCUT2D eigenvalue weighted by Gasteiger charge is -2.28. The first kappa shape index (κ1) is 33.6. The van der Waals surface area contributed by atoms with E-state index in [-0.39, 0.29) is 0 Å². The minimum atomic E-state index is 0.627. The molecule has 0 spiro atoms. The molecule has 0 aliphatic heterocycles. The number of hydrogen-bond donors (Lipinski definition) is 0. The molecule has 59 heavy (non-hydrogen) atoms. The van der Waals surface area contributed by atoms with E-state index in [1.54, 1.807) is 0 Å². The van der Waals surface area contributed by atoms with Gasteiger partial charge in [0.15, 0.2) is 5.58 Å². The van der Waals surface area contributed by atoms with E-state index < -0.39 is 0 Å². The van der Waals surface area contributed by atoms with Gasteiger partial charge < -0.3 is 9.32 Å². The van der Waals surface area contributed by atoms with E-state index in [1.807, 2.05) is 41.7 Å². The van der Waals surface area contributed by atoms with E-state index in [4.69, 9.17) is 9.40 Å². The van der Waals surface area contributed by atoms with Crippen molar-refractivity contribution in [3.05, 3.63) is 206 Å². The Balaban J connectivity index is 1.06. The molecule has 10 aromatic carbocycles.